The second-order valence-electron chi connectivity index (χ2n) is 4.97. The van der Waals surface area contributed by atoms with Crippen LogP contribution in [0.4, 0.5) is 0 Å². The van der Waals surface area contributed by atoms with Crippen LogP contribution in [0.5, 0.6) is 0 Å². The van der Waals surface area contributed by atoms with Crippen LogP contribution in [-0.2, 0) is 0 Å². The van der Waals surface area contributed by atoms with Crippen LogP contribution >= 0.6 is 0 Å². The van der Waals surface area contributed by atoms with E-state index in [9.17, 15) is 0 Å². The highest BCUT2D eigenvalue weighted by atomic mass is 14.2. The van der Waals surface area contributed by atoms with E-state index in [0.29, 0.717) is 11.8 Å². The van der Waals surface area contributed by atoms with Crippen LogP contribution in [0.2, 0.25) is 0 Å². The van der Waals surface area contributed by atoms with Crippen molar-refractivity contribution >= 4 is 0 Å². The molecule has 0 fully saturated rings. The van der Waals surface area contributed by atoms with Crippen LogP contribution in [-0.4, -0.2) is 0 Å². The van der Waals surface area contributed by atoms with Gasteiger partial charge in [0, 0.05) is 5.92 Å². The fourth-order valence-electron chi connectivity index (χ4n) is 2.37. The van der Waals surface area contributed by atoms with Gasteiger partial charge in [0.05, 0.1) is 0 Å². The average molecular weight is 224 g/mol. The van der Waals surface area contributed by atoms with E-state index < -0.39 is 0 Å². The molecule has 17 heavy (non-hydrogen) atoms. The van der Waals surface area contributed by atoms with Gasteiger partial charge in [-0.05, 0) is 30.4 Å². The molecule has 0 amide bonds. The Morgan fingerprint density at radius 1 is 1.29 bits per heavy atom. The Hall–Kier alpha value is -1.56. The van der Waals surface area contributed by atoms with Gasteiger partial charge in [0.2, 0.25) is 0 Å². The maximum Gasteiger partial charge on any atom is 0.0290 e. The zero-order valence-corrected chi connectivity index (χ0v) is 10.7. The number of hydrogen-bond acceptors (Lipinski definition) is 0. The quantitative estimate of drug-likeness (QED) is 0.643. The summed E-state index contributed by atoms with van der Waals surface area (Å²) < 4.78 is 0. The number of rotatable bonds is 3. The van der Waals surface area contributed by atoms with E-state index in [1.54, 1.807) is 0 Å². The van der Waals surface area contributed by atoms with E-state index in [-0.39, 0.29) is 0 Å². The molecule has 0 saturated carbocycles. The molecule has 0 heteroatoms. The fraction of sp³-hybridized carbons (Fsp3) is 0.294. The van der Waals surface area contributed by atoms with Crippen LogP contribution in [0.15, 0.2) is 66.3 Å². The van der Waals surface area contributed by atoms with E-state index in [2.05, 4.69) is 69.0 Å². The van der Waals surface area contributed by atoms with Crippen molar-refractivity contribution < 1.29 is 0 Å². The molecule has 0 radical (unpaired) electrons. The molecule has 1 aromatic carbocycles. The first kappa shape index (κ1) is 11.9. The molecule has 2 atom stereocenters. The van der Waals surface area contributed by atoms with Crippen LogP contribution < -0.4 is 0 Å². The Morgan fingerprint density at radius 3 is 2.53 bits per heavy atom. The van der Waals surface area contributed by atoms with Crippen LogP contribution in [0.1, 0.15) is 31.7 Å². The van der Waals surface area contributed by atoms with Crippen molar-refractivity contribution in [2.24, 2.45) is 5.92 Å². The van der Waals surface area contributed by atoms with Gasteiger partial charge in [-0.3, -0.25) is 0 Å². The van der Waals surface area contributed by atoms with Crippen molar-refractivity contribution in [3.05, 3.63) is 71.8 Å². The minimum atomic E-state index is 0.347. The zero-order valence-electron chi connectivity index (χ0n) is 10.7. The van der Waals surface area contributed by atoms with Crippen LogP contribution in [0.25, 0.3) is 0 Å². The van der Waals surface area contributed by atoms with Crippen molar-refractivity contribution in [2.45, 2.75) is 26.2 Å². The van der Waals surface area contributed by atoms with Crippen molar-refractivity contribution in [1.82, 2.24) is 0 Å². The molecule has 2 rings (SSSR count). The van der Waals surface area contributed by atoms with E-state index >= 15 is 0 Å². The molecular weight excluding hydrogens is 204 g/mol. The highest BCUT2D eigenvalue weighted by Gasteiger charge is 2.17. The highest BCUT2D eigenvalue weighted by Crippen LogP contribution is 2.34. The maximum atomic E-state index is 4.15. The first-order valence-corrected chi connectivity index (χ1v) is 6.27. The lowest BCUT2D eigenvalue weighted by Gasteiger charge is -2.22. The maximum absolute atomic E-state index is 4.15. The Balaban J connectivity index is 2.32. The number of hydrogen-bond donors (Lipinski definition) is 0. The summed E-state index contributed by atoms with van der Waals surface area (Å²) >= 11 is 0. The molecule has 1 aliphatic rings. The van der Waals surface area contributed by atoms with Crippen LogP contribution in [0.3, 0.4) is 0 Å². The lowest BCUT2D eigenvalue weighted by atomic mass is 9.82. The summed E-state index contributed by atoms with van der Waals surface area (Å²) in [4.78, 5) is 0. The summed E-state index contributed by atoms with van der Waals surface area (Å²) in [5, 5.41) is 0. The van der Waals surface area contributed by atoms with Gasteiger partial charge in [0.1, 0.15) is 0 Å². The largest absolute Gasteiger partial charge is 0.0992 e. The summed E-state index contributed by atoms with van der Waals surface area (Å²) in [7, 11) is 0. The standard InChI is InChI=1S/C17H20/c1-13(2)17(15-7-5-4-6-8-15)16-11-9-14(3)10-12-16/h4-9,11-12,14,17H,1,10H2,2-3H3. The van der Waals surface area contributed by atoms with Crippen molar-refractivity contribution in [1.29, 1.82) is 0 Å². The van der Waals surface area contributed by atoms with Gasteiger partial charge in [-0.1, -0.05) is 67.6 Å². The van der Waals surface area contributed by atoms with E-state index in [1.165, 1.54) is 16.7 Å². The van der Waals surface area contributed by atoms with Crippen molar-refractivity contribution in [3.8, 4) is 0 Å². The third kappa shape index (κ3) is 2.76. The second kappa shape index (κ2) is 5.18. The molecule has 1 aliphatic carbocycles. The number of benzene rings is 1. The van der Waals surface area contributed by atoms with Crippen molar-refractivity contribution in [3.63, 3.8) is 0 Å². The SMILES string of the molecule is C=C(C)C(C1=CCC(C)C=C1)c1ccccc1. The summed E-state index contributed by atoms with van der Waals surface area (Å²) in [6.07, 6.45) is 8.06. The molecule has 0 saturated heterocycles. The average Bonchev–Trinajstić information content (AvgIpc) is 2.33. The Kier molecular flexibility index (Phi) is 3.63. The van der Waals surface area contributed by atoms with Gasteiger partial charge in [0.15, 0.2) is 0 Å². The first-order chi connectivity index (χ1) is 8.18. The first-order valence-electron chi connectivity index (χ1n) is 6.27. The van der Waals surface area contributed by atoms with Gasteiger partial charge in [0.25, 0.3) is 0 Å². The van der Waals surface area contributed by atoms with E-state index in [4.69, 9.17) is 0 Å². The fourth-order valence-corrected chi connectivity index (χ4v) is 2.37. The predicted molar refractivity (Wildman–Crippen MR) is 75.0 cm³/mol. The summed E-state index contributed by atoms with van der Waals surface area (Å²) in [5.41, 5.74) is 3.94. The topological polar surface area (TPSA) is 0 Å². The molecule has 0 bridgehead atoms. The van der Waals surface area contributed by atoms with Gasteiger partial charge in [-0.15, -0.1) is 0 Å². The Morgan fingerprint density at radius 2 is 2.00 bits per heavy atom. The van der Waals surface area contributed by atoms with Crippen LogP contribution in [0, 0.1) is 5.92 Å². The minimum absolute atomic E-state index is 0.347. The van der Waals surface area contributed by atoms with Gasteiger partial charge in [-0.25, -0.2) is 0 Å². The third-order valence-electron chi connectivity index (χ3n) is 3.30. The molecule has 0 aliphatic heterocycles. The lowest BCUT2D eigenvalue weighted by molar-refractivity contribution is 0.721. The zero-order chi connectivity index (χ0) is 12.3. The Bertz CT molecular complexity index is 448. The molecule has 0 N–H and O–H groups in total. The molecule has 0 heterocycles. The van der Waals surface area contributed by atoms with Crippen molar-refractivity contribution in [2.75, 3.05) is 0 Å². The molecule has 2 unspecified atom stereocenters. The number of allylic oxidation sites excluding steroid dienone is 5. The normalized spacial score (nSPS) is 20.8. The molecule has 0 nitrogen and oxygen atoms in total. The van der Waals surface area contributed by atoms with Gasteiger partial charge < -0.3 is 0 Å². The van der Waals surface area contributed by atoms with E-state index in [0.717, 1.165) is 6.42 Å². The third-order valence-corrected chi connectivity index (χ3v) is 3.30. The molecule has 1 aromatic rings. The monoisotopic (exact) mass is 224 g/mol. The molecule has 0 spiro atoms. The minimum Gasteiger partial charge on any atom is -0.0992 e. The second-order valence-corrected chi connectivity index (χ2v) is 4.97. The Labute approximate surface area is 104 Å². The molecule has 88 valence electrons. The predicted octanol–water partition coefficient (Wildman–Crippen LogP) is 4.87. The molecular formula is C17H20. The highest BCUT2D eigenvalue weighted by molar-refractivity contribution is 5.43. The smallest absolute Gasteiger partial charge is 0.0290 e. The summed E-state index contributed by atoms with van der Waals surface area (Å²) in [6.45, 7) is 8.52. The van der Waals surface area contributed by atoms with Gasteiger partial charge in [-0.2, -0.15) is 0 Å². The lowest BCUT2D eigenvalue weighted by Crippen LogP contribution is -2.06. The molecule has 0 aromatic heterocycles. The van der Waals surface area contributed by atoms with Gasteiger partial charge >= 0.3 is 0 Å². The van der Waals surface area contributed by atoms with E-state index in [1.807, 2.05) is 0 Å². The summed E-state index contributed by atoms with van der Waals surface area (Å²) in [5.74, 6) is 1.01. The summed E-state index contributed by atoms with van der Waals surface area (Å²) in [6, 6.07) is 10.6.